The molecule has 1 aliphatic rings. The van der Waals surface area contributed by atoms with Gasteiger partial charge in [-0.2, -0.15) is 5.10 Å². The fourth-order valence-electron chi connectivity index (χ4n) is 3.03. The van der Waals surface area contributed by atoms with E-state index in [0.29, 0.717) is 30.2 Å². The second-order valence-corrected chi connectivity index (χ2v) is 6.97. The average molecular weight is 361 g/mol. The van der Waals surface area contributed by atoms with Crippen LogP contribution in [0, 0.1) is 0 Å². The summed E-state index contributed by atoms with van der Waals surface area (Å²) in [5.41, 5.74) is 0.949. The lowest BCUT2D eigenvalue weighted by atomic mass is 10.00. The number of piperidine rings is 1. The first-order chi connectivity index (χ1) is 12.4. The van der Waals surface area contributed by atoms with Crippen molar-refractivity contribution in [3.63, 3.8) is 0 Å². The summed E-state index contributed by atoms with van der Waals surface area (Å²) in [5.74, 6) is 1.10. The normalized spacial score (nSPS) is 20.3. The molecule has 0 bridgehead atoms. The van der Waals surface area contributed by atoms with E-state index in [4.69, 9.17) is 14.6 Å². The Bertz CT molecular complexity index is 621. The van der Waals surface area contributed by atoms with Gasteiger partial charge in [0, 0.05) is 26.2 Å². The predicted molar refractivity (Wildman–Crippen MR) is 104 cm³/mol. The summed E-state index contributed by atoms with van der Waals surface area (Å²) in [4.78, 5) is 13.2. The lowest BCUT2D eigenvalue weighted by Gasteiger charge is -2.36. The highest BCUT2D eigenvalue weighted by atomic mass is 16.5. The van der Waals surface area contributed by atoms with Crippen LogP contribution in [0.1, 0.15) is 45.6 Å². The molecule has 6 heteroatoms. The quantitative estimate of drug-likeness (QED) is 0.700. The largest absolute Gasteiger partial charge is 0.490 e. The Labute approximate surface area is 156 Å². The minimum atomic E-state index is -0.0915. The molecule has 1 aromatic rings. The molecule has 6 nitrogen and oxygen atoms in total. The first-order valence-corrected chi connectivity index (χ1v) is 9.34. The second kappa shape index (κ2) is 9.46. The zero-order valence-electron chi connectivity index (χ0n) is 16.6. The number of rotatable bonds is 7. The molecule has 2 atom stereocenters. The van der Waals surface area contributed by atoms with Crippen LogP contribution in [0.4, 0.5) is 0 Å². The maximum absolute atomic E-state index is 11.7. The van der Waals surface area contributed by atoms with Gasteiger partial charge in [0.2, 0.25) is 0 Å². The summed E-state index contributed by atoms with van der Waals surface area (Å²) < 4.78 is 11.3. The molecule has 1 aromatic carbocycles. The lowest BCUT2D eigenvalue weighted by molar-refractivity contribution is -0.130. The van der Waals surface area contributed by atoms with Gasteiger partial charge < -0.3 is 14.4 Å². The fraction of sp³-hybridized carbons (Fsp3) is 0.600. The number of carbonyl (C=O) groups excluding carboxylic acids is 1. The highest BCUT2D eigenvalue weighted by molar-refractivity contribution is 5.81. The number of nitrogens with zero attached hydrogens (tertiary/aromatic N) is 3. The van der Waals surface area contributed by atoms with Gasteiger partial charge in [-0.05, 0) is 63.8 Å². The number of hydrogen-bond acceptors (Lipinski definition) is 5. The number of carbonyl (C=O) groups is 1. The molecule has 2 rings (SSSR count). The Morgan fingerprint density at radius 3 is 2.54 bits per heavy atom. The SMILES string of the molecule is CCOc1cc(/C=N\N2[C@@H](C)CCC[C@@H]2C)ccc1OCC(=O)N(C)C. The van der Waals surface area contributed by atoms with Gasteiger partial charge in [0.25, 0.3) is 5.91 Å². The first-order valence-electron chi connectivity index (χ1n) is 9.34. The third kappa shape index (κ3) is 5.38. The molecule has 0 saturated carbocycles. The van der Waals surface area contributed by atoms with Crippen LogP contribution in [0.3, 0.4) is 0 Å². The van der Waals surface area contributed by atoms with Gasteiger partial charge in [0.05, 0.1) is 12.8 Å². The molecule has 0 N–H and O–H groups in total. The van der Waals surface area contributed by atoms with Crippen LogP contribution in [0.5, 0.6) is 11.5 Å². The van der Waals surface area contributed by atoms with Crippen molar-refractivity contribution < 1.29 is 14.3 Å². The minimum absolute atomic E-state index is 0.0106. The number of benzene rings is 1. The number of hydrogen-bond donors (Lipinski definition) is 0. The van der Waals surface area contributed by atoms with Gasteiger partial charge in [-0.3, -0.25) is 9.80 Å². The van der Waals surface area contributed by atoms with Crippen LogP contribution in [-0.2, 0) is 4.79 Å². The third-order valence-electron chi connectivity index (χ3n) is 4.60. The van der Waals surface area contributed by atoms with Crippen LogP contribution in [0.15, 0.2) is 23.3 Å². The third-order valence-corrected chi connectivity index (χ3v) is 4.60. The maximum atomic E-state index is 11.7. The molecule has 1 amide bonds. The van der Waals surface area contributed by atoms with E-state index in [1.807, 2.05) is 31.3 Å². The van der Waals surface area contributed by atoms with Crippen molar-refractivity contribution in [2.24, 2.45) is 5.10 Å². The van der Waals surface area contributed by atoms with Crippen molar-refractivity contribution in [3.8, 4) is 11.5 Å². The summed E-state index contributed by atoms with van der Waals surface area (Å²) in [6.07, 6.45) is 5.49. The fourth-order valence-corrected chi connectivity index (χ4v) is 3.03. The summed E-state index contributed by atoms with van der Waals surface area (Å²) in [7, 11) is 3.41. The van der Waals surface area contributed by atoms with Gasteiger partial charge in [0.1, 0.15) is 0 Å². The molecular weight excluding hydrogens is 330 g/mol. The summed E-state index contributed by atoms with van der Waals surface area (Å²) in [6.45, 7) is 6.88. The lowest BCUT2D eigenvalue weighted by Crippen LogP contribution is -2.39. The number of ether oxygens (including phenoxy) is 2. The maximum Gasteiger partial charge on any atom is 0.259 e. The van der Waals surface area contributed by atoms with E-state index in [-0.39, 0.29) is 12.5 Å². The second-order valence-electron chi connectivity index (χ2n) is 6.97. The molecule has 1 fully saturated rings. The highest BCUT2D eigenvalue weighted by Gasteiger charge is 2.22. The van der Waals surface area contributed by atoms with E-state index in [0.717, 1.165) is 5.56 Å². The van der Waals surface area contributed by atoms with Gasteiger partial charge in [-0.15, -0.1) is 0 Å². The Balaban J connectivity index is 2.11. The number of amides is 1. The number of hydrazone groups is 1. The van der Waals surface area contributed by atoms with Crippen molar-refractivity contribution in [1.82, 2.24) is 9.91 Å². The van der Waals surface area contributed by atoms with Crippen LogP contribution < -0.4 is 9.47 Å². The average Bonchev–Trinajstić information content (AvgIpc) is 2.60. The van der Waals surface area contributed by atoms with Crippen molar-refractivity contribution in [2.45, 2.75) is 52.1 Å². The summed E-state index contributed by atoms with van der Waals surface area (Å²) >= 11 is 0. The van der Waals surface area contributed by atoms with Crippen molar-refractivity contribution >= 4 is 12.1 Å². The summed E-state index contributed by atoms with van der Waals surface area (Å²) in [5, 5.41) is 6.88. The molecule has 0 radical (unpaired) electrons. The van der Waals surface area contributed by atoms with E-state index >= 15 is 0 Å². The van der Waals surface area contributed by atoms with E-state index in [9.17, 15) is 4.79 Å². The smallest absolute Gasteiger partial charge is 0.259 e. The molecule has 26 heavy (non-hydrogen) atoms. The number of likely N-dealkylation sites (N-methyl/N-ethyl adjacent to an activating group) is 1. The molecule has 0 spiro atoms. The first kappa shape index (κ1) is 20.1. The molecule has 0 unspecified atom stereocenters. The van der Waals surface area contributed by atoms with Crippen LogP contribution >= 0.6 is 0 Å². The highest BCUT2D eigenvalue weighted by Crippen LogP contribution is 2.28. The van der Waals surface area contributed by atoms with Gasteiger partial charge >= 0.3 is 0 Å². The van der Waals surface area contributed by atoms with Crippen LogP contribution in [0.2, 0.25) is 0 Å². The Morgan fingerprint density at radius 2 is 1.92 bits per heavy atom. The van der Waals surface area contributed by atoms with E-state index in [2.05, 4.69) is 18.9 Å². The van der Waals surface area contributed by atoms with E-state index in [1.54, 1.807) is 14.1 Å². The topological polar surface area (TPSA) is 54.4 Å². The van der Waals surface area contributed by atoms with E-state index in [1.165, 1.54) is 24.2 Å². The molecule has 1 saturated heterocycles. The molecule has 1 aliphatic heterocycles. The van der Waals surface area contributed by atoms with E-state index < -0.39 is 0 Å². The van der Waals surface area contributed by atoms with Crippen LogP contribution in [0.25, 0.3) is 0 Å². The zero-order chi connectivity index (χ0) is 19.1. The minimum Gasteiger partial charge on any atom is -0.490 e. The molecule has 0 aromatic heterocycles. The van der Waals surface area contributed by atoms with Crippen molar-refractivity contribution in [3.05, 3.63) is 23.8 Å². The Morgan fingerprint density at radius 1 is 1.23 bits per heavy atom. The van der Waals surface area contributed by atoms with Crippen molar-refractivity contribution in [1.29, 1.82) is 0 Å². The monoisotopic (exact) mass is 361 g/mol. The Hall–Kier alpha value is -2.24. The molecular formula is C20H31N3O3. The van der Waals surface area contributed by atoms with Crippen molar-refractivity contribution in [2.75, 3.05) is 27.3 Å². The zero-order valence-corrected chi connectivity index (χ0v) is 16.6. The van der Waals surface area contributed by atoms with Gasteiger partial charge in [-0.25, -0.2) is 0 Å². The van der Waals surface area contributed by atoms with Gasteiger partial charge in [-0.1, -0.05) is 0 Å². The Kier molecular flexibility index (Phi) is 7.30. The molecule has 1 heterocycles. The van der Waals surface area contributed by atoms with Gasteiger partial charge in [0.15, 0.2) is 18.1 Å². The predicted octanol–water partition coefficient (Wildman–Crippen LogP) is 3.15. The standard InChI is InChI=1S/C20H31N3O3/c1-6-25-19-12-17(10-11-18(19)26-14-20(24)22(4)5)13-21-23-15(2)8-7-9-16(23)3/h10-13,15-16H,6-9,14H2,1-5H3/b21-13-/t15-,16-/m0/s1. The van der Waals surface area contributed by atoms with Crippen LogP contribution in [-0.4, -0.2) is 61.4 Å². The summed E-state index contributed by atoms with van der Waals surface area (Å²) in [6, 6.07) is 6.59. The molecule has 144 valence electrons. The molecule has 0 aliphatic carbocycles.